The van der Waals surface area contributed by atoms with Crippen LogP contribution in [0.2, 0.25) is 4.34 Å². The summed E-state index contributed by atoms with van der Waals surface area (Å²) in [6.45, 7) is 0.910. The first-order valence-electron chi connectivity index (χ1n) is 8.22. The van der Waals surface area contributed by atoms with Gasteiger partial charge >= 0.3 is 0 Å². The van der Waals surface area contributed by atoms with E-state index in [4.69, 9.17) is 11.6 Å². The van der Waals surface area contributed by atoms with Gasteiger partial charge in [-0.15, -0.1) is 23.7 Å². The smallest absolute Gasteiger partial charge is 0.250 e. The Labute approximate surface area is 164 Å². The first kappa shape index (κ1) is 22.7. The van der Waals surface area contributed by atoms with Crippen LogP contribution in [-0.4, -0.2) is 40.0 Å². The average Bonchev–Trinajstić information content (AvgIpc) is 2.83. The molecular formula is C15H25Cl2N3O3S2. The lowest BCUT2D eigenvalue weighted by atomic mass is 10.1. The van der Waals surface area contributed by atoms with Gasteiger partial charge in [0.05, 0.1) is 10.9 Å². The Balaban J connectivity index is 0.00000312. The van der Waals surface area contributed by atoms with E-state index in [2.05, 4.69) is 15.4 Å². The number of carbonyl (C=O) groups is 1. The molecule has 0 saturated heterocycles. The number of thiophene rings is 1. The van der Waals surface area contributed by atoms with Crippen molar-refractivity contribution in [3.05, 3.63) is 16.5 Å². The van der Waals surface area contributed by atoms with E-state index in [1.165, 1.54) is 50.7 Å². The summed E-state index contributed by atoms with van der Waals surface area (Å²) in [5, 5.41) is 6.17. The summed E-state index contributed by atoms with van der Waals surface area (Å²) in [5.41, 5.74) is 0. The van der Waals surface area contributed by atoms with Gasteiger partial charge in [0, 0.05) is 19.1 Å². The van der Waals surface area contributed by atoms with E-state index in [0.29, 0.717) is 23.5 Å². The summed E-state index contributed by atoms with van der Waals surface area (Å²) in [4.78, 5) is 11.7. The predicted molar refractivity (Wildman–Crippen MR) is 104 cm³/mol. The van der Waals surface area contributed by atoms with Crippen LogP contribution in [0.15, 0.2) is 16.3 Å². The van der Waals surface area contributed by atoms with E-state index >= 15 is 0 Å². The van der Waals surface area contributed by atoms with Crippen LogP contribution in [0.25, 0.3) is 0 Å². The molecule has 1 aliphatic carbocycles. The molecule has 1 heterocycles. The van der Waals surface area contributed by atoms with Crippen LogP contribution in [0.4, 0.5) is 0 Å². The van der Waals surface area contributed by atoms with Crippen molar-refractivity contribution in [3.8, 4) is 0 Å². The van der Waals surface area contributed by atoms with Gasteiger partial charge < -0.3 is 10.6 Å². The van der Waals surface area contributed by atoms with Crippen LogP contribution < -0.4 is 15.4 Å². The molecule has 1 aliphatic rings. The molecule has 2 rings (SSSR count). The summed E-state index contributed by atoms with van der Waals surface area (Å²) in [6, 6.07) is 3.47. The fraction of sp³-hybridized carbons (Fsp3) is 0.667. The lowest BCUT2D eigenvalue weighted by Crippen LogP contribution is -2.41. The first-order chi connectivity index (χ1) is 11.5. The Hall–Kier alpha value is -0.380. The molecular weight excluding hydrogens is 405 g/mol. The zero-order valence-electron chi connectivity index (χ0n) is 13.9. The van der Waals surface area contributed by atoms with E-state index in [1.807, 2.05) is 0 Å². The van der Waals surface area contributed by atoms with Gasteiger partial charge in [-0.2, -0.15) is 0 Å². The van der Waals surface area contributed by atoms with Gasteiger partial charge in [-0.25, -0.2) is 13.1 Å². The van der Waals surface area contributed by atoms with Gasteiger partial charge in [-0.05, 0) is 25.0 Å². The van der Waals surface area contributed by atoms with E-state index in [0.717, 1.165) is 11.3 Å². The van der Waals surface area contributed by atoms with Crippen LogP contribution in [0.5, 0.6) is 0 Å². The van der Waals surface area contributed by atoms with E-state index in [1.54, 1.807) is 0 Å². The topological polar surface area (TPSA) is 87.3 Å². The number of amides is 1. The summed E-state index contributed by atoms with van der Waals surface area (Å²) < 4.78 is 26.7. The fourth-order valence-electron chi connectivity index (χ4n) is 2.70. The van der Waals surface area contributed by atoms with Crippen LogP contribution in [0.1, 0.15) is 38.5 Å². The number of rotatable bonds is 8. The molecule has 0 spiro atoms. The third-order valence-corrected chi connectivity index (χ3v) is 7.10. The lowest BCUT2D eigenvalue weighted by Gasteiger charge is -2.16. The third kappa shape index (κ3) is 8.23. The molecule has 0 aliphatic heterocycles. The highest BCUT2D eigenvalue weighted by molar-refractivity contribution is 7.91. The number of halogens is 2. The largest absolute Gasteiger partial charge is 0.354 e. The molecule has 0 aromatic carbocycles. The molecule has 1 amide bonds. The van der Waals surface area contributed by atoms with Gasteiger partial charge in [0.25, 0.3) is 10.0 Å². The van der Waals surface area contributed by atoms with Crippen molar-refractivity contribution in [2.75, 3.05) is 19.6 Å². The highest BCUT2D eigenvalue weighted by Crippen LogP contribution is 2.25. The second kappa shape index (κ2) is 11.4. The van der Waals surface area contributed by atoms with Crippen molar-refractivity contribution in [2.45, 2.75) is 48.8 Å². The lowest BCUT2D eigenvalue weighted by molar-refractivity contribution is -0.119. The van der Waals surface area contributed by atoms with Crippen molar-refractivity contribution in [3.63, 3.8) is 0 Å². The monoisotopic (exact) mass is 429 g/mol. The number of carbonyl (C=O) groups excluding carboxylic acids is 1. The maximum absolute atomic E-state index is 12.0. The third-order valence-electron chi connectivity index (χ3n) is 3.97. The number of hydrogen-bond acceptors (Lipinski definition) is 5. The molecule has 0 radical (unpaired) electrons. The van der Waals surface area contributed by atoms with Gasteiger partial charge in [0.15, 0.2) is 0 Å². The predicted octanol–water partition coefficient (Wildman–Crippen LogP) is 2.53. The van der Waals surface area contributed by atoms with Gasteiger partial charge in [0.1, 0.15) is 4.21 Å². The molecule has 1 fully saturated rings. The Morgan fingerprint density at radius 3 is 2.44 bits per heavy atom. The molecule has 144 valence electrons. The number of hydrogen-bond donors (Lipinski definition) is 3. The average molecular weight is 430 g/mol. The first-order valence-corrected chi connectivity index (χ1v) is 10.9. The normalized spacial score (nSPS) is 16.0. The molecule has 25 heavy (non-hydrogen) atoms. The van der Waals surface area contributed by atoms with Crippen LogP contribution in [-0.2, 0) is 14.8 Å². The Morgan fingerprint density at radius 2 is 1.84 bits per heavy atom. The van der Waals surface area contributed by atoms with Crippen LogP contribution in [0.3, 0.4) is 0 Å². The summed E-state index contributed by atoms with van der Waals surface area (Å²) in [7, 11) is -3.68. The minimum absolute atomic E-state index is 0. The number of sulfonamides is 1. The zero-order chi connectivity index (χ0) is 17.4. The van der Waals surface area contributed by atoms with Gasteiger partial charge in [0.2, 0.25) is 5.91 Å². The number of nitrogens with one attached hydrogen (secondary N) is 3. The molecule has 6 nitrogen and oxygen atoms in total. The Kier molecular flexibility index (Phi) is 10.3. The molecule has 1 aromatic heterocycles. The van der Waals surface area contributed by atoms with Gasteiger partial charge in [-0.1, -0.05) is 37.3 Å². The van der Waals surface area contributed by atoms with E-state index in [9.17, 15) is 13.2 Å². The highest BCUT2D eigenvalue weighted by Gasteiger charge is 2.17. The minimum atomic E-state index is -3.68. The fourth-order valence-corrected chi connectivity index (χ4v) is 5.21. The summed E-state index contributed by atoms with van der Waals surface area (Å²) in [5.74, 6) is -0.344. The van der Waals surface area contributed by atoms with Crippen LogP contribution >= 0.6 is 35.3 Å². The van der Waals surface area contributed by atoms with Crippen molar-refractivity contribution in [2.24, 2.45) is 0 Å². The molecule has 1 aromatic rings. The SMILES string of the molecule is Cl.O=C(CNS(=O)(=O)c1ccc(Cl)s1)NCCNC1CCCCCC1. The summed E-state index contributed by atoms with van der Waals surface area (Å²) >= 11 is 6.69. The molecule has 0 unspecified atom stereocenters. The van der Waals surface area contributed by atoms with Crippen molar-refractivity contribution in [1.29, 1.82) is 0 Å². The molecule has 3 N–H and O–H groups in total. The second-order valence-corrected chi connectivity index (χ2v) is 9.58. The van der Waals surface area contributed by atoms with Crippen molar-refractivity contribution >= 4 is 51.3 Å². The van der Waals surface area contributed by atoms with E-state index < -0.39 is 10.0 Å². The second-order valence-electron chi connectivity index (χ2n) is 5.88. The summed E-state index contributed by atoms with van der Waals surface area (Å²) in [6.07, 6.45) is 7.53. The van der Waals surface area contributed by atoms with Crippen molar-refractivity contribution < 1.29 is 13.2 Å². The van der Waals surface area contributed by atoms with Crippen LogP contribution in [0, 0.1) is 0 Å². The minimum Gasteiger partial charge on any atom is -0.354 e. The van der Waals surface area contributed by atoms with Gasteiger partial charge in [-0.3, -0.25) is 4.79 Å². The quantitative estimate of drug-likeness (QED) is 0.437. The molecule has 0 bridgehead atoms. The maximum atomic E-state index is 12.0. The van der Waals surface area contributed by atoms with Crippen molar-refractivity contribution in [1.82, 2.24) is 15.4 Å². The Bertz CT molecular complexity index is 630. The van der Waals surface area contributed by atoms with E-state index in [-0.39, 0.29) is 29.1 Å². The molecule has 0 atom stereocenters. The Morgan fingerprint density at radius 1 is 1.16 bits per heavy atom. The molecule has 10 heteroatoms. The zero-order valence-corrected chi connectivity index (χ0v) is 17.1. The molecule has 1 saturated carbocycles. The highest BCUT2D eigenvalue weighted by atomic mass is 35.5. The standard InChI is InChI=1S/C15H24ClN3O3S2.ClH/c16-13-7-8-15(23-13)24(21,22)19-11-14(20)18-10-9-17-12-5-3-1-2-4-6-12;/h7-8,12,17,19H,1-6,9-11H2,(H,18,20);1H. The maximum Gasteiger partial charge on any atom is 0.250 e.